The van der Waals surface area contributed by atoms with Crippen LogP contribution in [0.2, 0.25) is 4.34 Å². The van der Waals surface area contributed by atoms with Crippen molar-refractivity contribution in [1.82, 2.24) is 9.88 Å². The van der Waals surface area contributed by atoms with Crippen molar-refractivity contribution in [3.63, 3.8) is 0 Å². The van der Waals surface area contributed by atoms with E-state index in [-0.39, 0.29) is 6.04 Å². The Kier molecular flexibility index (Phi) is 5.99. The van der Waals surface area contributed by atoms with Crippen LogP contribution in [0.25, 0.3) is 0 Å². The first-order chi connectivity index (χ1) is 9.65. The molecule has 3 nitrogen and oxygen atoms in total. The molecule has 0 radical (unpaired) electrons. The SMILES string of the molecule is CCN(Cc1ccccn1)C(CN)c1cc(Br)c(Cl)s1. The fourth-order valence-electron chi connectivity index (χ4n) is 2.11. The minimum atomic E-state index is 0.163. The molecule has 2 aromatic heterocycles. The molecule has 0 saturated carbocycles. The van der Waals surface area contributed by atoms with Crippen molar-refractivity contribution >= 4 is 38.9 Å². The predicted octanol–water partition coefficient (Wildman–Crippen LogP) is 4.08. The molecule has 0 aromatic carbocycles. The lowest BCUT2D eigenvalue weighted by atomic mass is 10.2. The Bertz CT molecular complexity index is 527. The molecule has 0 amide bonds. The largest absolute Gasteiger partial charge is 0.329 e. The van der Waals surface area contributed by atoms with Crippen LogP contribution in [0.1, 0.15) is 23.5 Å². The highest BCUT2D eigenvalue weighted by atomic mass is 79.9. The van der Waals surface area contributed by atoms with Gasteiger partial charge in [-0.3, -0.25) is 9.88 Å². The number of nitrogens with zero attached hydrogens (tertiary/aromatic N) is 2. The Morgan fingerprint density at radius 3 is 2.80 bits per heavy atom. The Morgan fingerprint density at radius 2 is 2.30 bits per heavy atom. The molecule has 0 spiro atoms. The summed E-state index contributed by atoms with van der Waals surface area (Å²) in [6.45, 7) is 4.39. The minimum Gasteiger partial charge on any atom is -0.329 e. The van der Waals surface area contributed by atoms with Gasteiger partial charge in [0.2, 0.25) is 0 Å². The van der Waals surface area contributed by atoms with E-state index in [0.717, 1.165) is 27.6 Å². The van der Waals surface area contributed by atoms with Crippen LogP contribution in [0.5, 0.6) is 0 Å². The van der Waals surface area contributed by atoms with E-state index in [1.807, 2.05) is 24.4 Å². The molecule has 1 atom stereocenters. The normalized spacial score (nSPS) is 12.8. The van der Waals surface area contributed by atoms with E-state index in [4.69, 9.17) is 17.3 Å². The molecule has 2 aromatic rings. The summed E-state index contributed by atoms with van der Waals surface area (Å²) in [5.41, 5.74) is 7.03. The summed E-state index contributed by atoms with van der Waals surface area (Å²) in [6, 6.07) is 8.19. The number of nitrogens with two attached hydrogens (primary N) is 1. The Labute approximate surface area is 136 Å². The van der Waals surface area contributed by atoms with Gasteiger partial charge in [-0.15, -0.1) is 11.3 Å². The Morgan fingerprint density at radius 1 is 1.50 bits per heavy atom. The van der Waals surface area contributed by atoms with E-state index in [2.05, 4.69) is 38.8 Å². The number of pyridine rings is 1. The number of hydrogen-bond donors (Lipinski definition) is 1. The summed E-state index contributed by atoms with van der Waals surface area (Å²) in [6.07, 6.45) is 1.82. The first kappa shape index (κ1) is 15.9. The van der Waals surface area contributed by atoms with Crippen LogP contribution in [0, 0.1) is 0 Å². The summed E-state index contributed by atoms with van der Waals surface area (Å²) >= 11 is 11.2. The molecule has 20 heavy (non-hydrogen) atoms. The maximum absolute atomic E-state index is 6.14. The quantitative estimate of drug-likeness (QED) is 0.828. The van der Waals surface area contributed by atoms with Gasteiger partial charge >= 0.3 is 0 Å². The second-order valence-electron chi connectivity index (χ2n) is 4.41. The molecule has 1 unspecified atom stereocenters. The summed E-state index contributed by atoms with van der Waals surface area (Å²) in [5.74, 6) is 0. The van der Waals surface area contributed by atoms with E-state index in [9.17, 15) is 0 Å². The standard InChI is InChI=1S/C14H17BrClN3S/c1-2-19(9-10-5-3-4-6-18-10)12(8-17)13-7-11(15)14(16)20-13/h3-7,12H,2,8-9,17H2,1H3. The number of halogens is 2. The molecule has 108 valence electrons. The topological polar surface area (TPSA) is 42.2 Å². The van der Waals surface area contributed by atoms with Gasteiger partial charge in [0.15, 0.2) is 0 Å². The smallest absolute Gasteiger partial charge is 0.107 e. The number of rotatable bonds is 6. The highest BCUT2D eigenvalue weighted by Gasteiger charge is 2.21. The summed E-state index contributed by atoms with van der Waals surface area (Å²) < 4.78 is 1.71. The zero-order chi connectivity index (χ0) is 14.5. The molecular formula is C14H17BrClN3S. The lowest BCUT2D eigenvalue weighted by molar-refractivity contribution is 0.204. The molecule has 0 fully saturated rings. The van der Waals surface area contributed by atoms with Gasteiger partial charge in [0.05, 0.1) is 11.7 Å². The van der Waals surface area contributed by atoms with Crippen LogP contribution < -0.4 is 5.73 Å². The van der Waals surface area contributed by atoms with Crippen molar-refractivity contribution < 1.29 is 0 Å². The molecule has 0 bridgehead atoms. The third-order valence-corrected chi connectivity index (χ3v) is 5.73. The summed E-state index contributed by atoms with van der Waals surface area (Å²) in [4.78, 5) is 7.88. The molecule has 0 aliphatic rings. The van der Waals surface area contributed by atoms with Crippen LogP contribution in [0.4, 0.5) is 0 Å². The zero-order valence-electron chi connectivity index (χ0n) is 11.2. The van der Waals surface area contributed by atoms with Gasteiger partial charge in [0, 0.05) is 28.6 Å². The maximum atomic E-state index is 6.14. The average molecular weight is 375 g/mol. The van der Waals surface area contributed by atoms with Gasteiger partial charge in [-0.05, 0) is 40.7 Å². The third kappa shape index (κ3) is 3.80. The van der Waals surface area contributed by atoms with Crippen LogP contribution >= 0.6 is 38.9 Å². The Balaban J connectivity index is 2.19. The zero-order valence-corrected chi connectivity index (χ0v) is 14.4. The van der Waals surface area contributed by atoms with Crippen LogP contribution in [-0.2, 0) is 6.54 Å². The highest BCUT2D eigenvalue weighted by molar-refractivity contribution is 9.10. The molecule has 2 rings (SSSR count). The van der Waals surface area contributed by atoms with E-state index < -0.39 is 0 Å². The highest BCUT2D eigenvalue weighted by Crippen LogP contribution is 2.37. The van der Waals surface area contributed by atoms with E-state index in [1.165, 1.54) is 4.88 Å². The molecule has 2 N–H and O–H groups in total. The van der Waals surface area contributed by atoms with Gasteiger partial charge in [-0.1, -0.05) is 24.6 Å². The van der Waals surface area contributed by atoms with Crippen molar-refractivity contribution in [2.45, 2.75) is 19.5 Å². The number of aromatic nitrogens is 1. The van der Waals surface area contributed by atoms with Crippen LogP contribution in [0.15, 0.2) is 34.9 Å². The lowest BCUT2D eigenvalue weighted by Gasteiger charge is -2.28. The predicted molar refractivity (Wildman–Crippen MR) is 89.1 cm³/mol. The van der Waals surface area contributed by atoms with E-state index >= 15 is 0 Å². The number of hydrogen-bond acceptors (Lipinski definition) is 4. The molecule has 0 aliphatic heterocycles. The van der Waals surface area contributed by atoms with Crippen molar-refractivity contribution in [2.75, 3.05) is 13.1 Å². The molecule has 6 heteroatoms. The second kappa shape index (κ2) is 7.52. The first-order valence-electron chi connectivity index (χ1n) is 6.44. The van der Waals surface area contributed by atoms with Gasteiger partial charge in [-0.2, -0.15) is 0 Å². The van der Waals surface area contributed by atoms with Crippen molar-refractivity contribution in [3.05, 3.63) is 49.8 Å². The molecule has 0 saturated heterocycles. The van der Waals surface area contributed by atoms with E-state index in [1.54, 1.807) is 11.3 Å². The van der Waals surface area contributed by atoms with Gasteiger partial charge in [0.1, 0.15) is 4.34 Å². The molecule has 0 aliphatic carbocycles. The number of thiophene rings is 1. The first-order valence-corrected chi connectivity index (χ1v) is 8.43. The van der Waals surface area contributed by atoms with E-state index in [0.29, 0.717) is 6.54 Å². The lowest BCUT2D eigenvalue weighted by Crippen LogP contribution is -2.33. The van der Waals surface area contributed by atoms with Gasteiger partial charge in [-0.25, -0.2) is 0 Å². The third-order valence-electron chi connectivity index (χ3n) is 3.15. The van der Waals surface area contributed by atoms with Gasteiger partial charge < -0.3 is 5.73 Å². The monoisotopic (exact) mass is 373 g/mol. The van der Waals surface area contributed by atoms with Crippen molar-refractivity contribution in [1.29, 1.82) is 0 Å². The molecular weight excluding hydrogens is 358 g/mol. The maximum Gasteiger partial charge on any atom is 0.107 e. The summed E-state index contributed by atoms with van der Waals surface area (Å²) in [7, 11) is 0. The van der Waals surface area contributed by atoms with Crippen LogP contribution in [0.3, 0.4) is 0 Å². The average Bonchev–Trinajstić information content (AvgIpc) is 2.79. The molecule has 2 heterocycles. The number of likely N-dealkylation sites (N-methyl/N-ethyl adjacent to an activating group) is 1. The fraction of sp³-hybridized carbons (Fsp3) is 0.357. The van der Waals surface area contributed by atoms with Crippen LogP contribution in [-0.4, -0.2) is 23.0 Å². The fourth-order valence-corrected chi connectivity index (χ4v) is 4.00. The minimum absolute atomic E-state index is 0.163. The second-order valence-corrected chi connectivity index (χ2v) is 6.95. The van der Waals surface area contributed by atoms with Crippen molar-refractivity contribution in [2.24, 2.45) is 5.73 Å². The summed E-state index contributed by atoms with van der Waals surface area (Å²) in [5, 5.41) is 0. The van der Waals surface area contributed by atoms with Crippen molar-refractivity contribution in [3.8, 4) is 0 Å². The van der Waals surface area contributed by atoms with Gasteiger partial charge in [0.25, 0.3) is 0 Å². The Hall–Kier alpha value is -0.460.